The standard InChI is InChI=1S/C11H11BrO2S2/c1-4-14-11(13)9-5(2)8-10(16-9)7(12)6(3)15-8/h4H2,1-3H3. The second-order valence-electron chi connectivity index (χ2n) is 3.41. The Kier molecular flexibility index (Phi) is 3.37. The summed E-state index contributed by atoms with van der Waals surface area (Å²) in [6.07, 6.45) is 0. The van der Waals surface area contributed by atoms with Crippen molar-refractivity contribution in [1.29, 1.82) is 0 Å². The van der Waals surface area contributed by atoms with Crippen molar-refractivity contribution in [2.24, 2.45) is 0 Å². The van der Waals surface area contributed by atoms with Crippen LogP contribution in [0, 0.1) is 13.8 Å². The summed E-state index contributed by atoms with van der Waals surface area (Å²) in [7, 11) is 0. The van der Waals surface area contributed by atoms with Gasteiger partial charge in [0.2, 0.25) is 0 Å². The van der Waals surface area contributed by atoms with E-state index in [1.807, 2.05) is 13.8 Å². The van der Waals surface area contributed by atoms with E-state index in [1.165, 1.54) is 20.9 Å². The Hall–Kier alpha value is -0.390. The number of ether oxygens (including phenoxy) is 1. The molecule has 5 heteroatoms. The molecule has 86 valence electrons. The van der Waals surface area contributed by atoms with Gasteiger partial charge in [-0.15, -0.1) is 22.7 Å². The summed E-state index contributed by atoms with van der Waals surface area (Å²) in [6.45, 7) is 6.30. The van der Waals surface area contributed by atoms with Gasteiger partial charge in [0.15, 0.2) is 0 Å². The molecule has 2 nitrogen and oxygen atoms in total. The van der Waals surface area contributed by atoms with Crippen LogP contribution in [0.25, 0.3) is 9.40 Å². The van der Waals surface area contributed by atoms with E-state index < -0.39 is 0 Å². The van der Waals surface area contributed by atoms with Crippen LogP contribution in [0.4, 0.5) is 0 Å². The van der Waals surface area contributed by atoms with E-state index in [0.717, 1.165) is 19.6 Å². The number of fused-ring (bicyclic) bond motifs is 1. The Labute approximate surface area is 110 Å². The lowest BCUT2D eigenvalue weighted by molar-refractivity contribution is 0.0531. The van der Waals surface area contributed by atoms with Gasteiger partial charge in [0.1, 0.15) is 4.88 Å². The first-order valence-electron chi connectivity index (χ1n) is 4.91. The van der Waals surface area contributed by atoms with Gasteiger partial charge in [-0.05, 0) is 42.3 Å². The van der Waals surface area contributed by atoms with E-state index in [1.54, 1.807) is 11.3 Å². The second kappa shape index (κ2) is 4.47. The van der Waals surface area contributed by atoms with E-state index in [9.17, 15) is 4.79 Å². The molecule has 0 saturated carbocycles. The van der Waals surface area contributed by atoms with Crippen LogP contribution < -0.4 is 0 Å². The molecule has 0 fully saturated rings. The van der Waals surface area contributed by atoms with Crippen molar-refractivity contribution >= 4 is 54.0 Å². The average Bonchev–Trinajstić information content (AvgIpc) is 2.69. The van der Waals surface area contributed by atoms with Gasteiger partial charge in [0.25, 0.3) is 0 Å². The van der Waals surface area contributed by atoms with Crippen LogP contribution in [0.1, 0.15) is 27.0 Å². The Morgan fingerprint density at radius 2 is 2.00 bits per heavy atom. The minimum absolute atomic E-state index is 0.210. The molecule has 2 rings (SSSR count). The quantitative estimate of drug-likeness (QED) is 0.761. The summed E-state index contributed by atoms with van der Waals surface area (Å²) in [5, 5.41) is 0. The summed E-state index contributed by atoms with van der Waals surface area (Å²) in [4.78, 5) is 13.7. The van der Waals surface area contributed by atoms with Crippen molar-refractivity contribution < 1.29 is 9.53 Å². The molecule has 16 heavy (non-hydrogen) atoms. The molecule has 0 aromatic carbocycles. The summed E-state index contributed by atoms with van der Waals surface area (Å²) in [5.41, 5.74) is 1.04. The van der Waals surface area contributed by atoms with Crippen LogP contribution in [-0.2, 0) is 4.74 Å². The minimum Gasteiger partial charge on any atom is -0.462 e. The molecule has 2 aromatic rings. The largest absolute Gasteiger partial charge is 0.462 e. The first-order chi connectivity index (χ1) is 7.56. The molecular weight excluding hydrogens is 308 g/mol. The number of carbonyl (C=O) groups excluding carboxylic acids is 1. The molecule has 0 aliphatic carbocycles. The van der Waals surface area contributed by atoms with E-state index in [4.69, 9.17) is 4.74 Å². The normalized spacial score (nSPS) is 11.0. The zero-order chi connectivity index (χ0) is 11.9. The minimum atomic E-state index is -0.210. The predicted molar refractivity (Wildman–Crippen MR) is 72.8 cm³/mol. The number of halogens is 1. The van der Waals surface area contributed by atoms with Crippen molar-refractivity contribution in [3.63, 3.8) is 0 Å². The lowest BCUT2D eigenvalue weighted by Gasteiger charge is -1.99. The first-order valence-corrected chi connectivity index (χ1v) is 7.34. The van der Waals surface area contributed by atoms with Gasteiger partial charge >= 0.3 is 5.97 Å². The number of aryl methyl sites for hydroxylation is 2. The van der Waals surface area contributed by atoms with Crippen molar-refractivity contribution in [1.82, 2.24) is 0 Å². The summed E-state index contributed by atoms with van der Waals surface area (Å²) in [6, 6.07) is 0. The summed E-state index contributed by atoms with van der Waals surface area (Å²) in [5.74, 6) is -0.210. The van der Waals surface area contributed by atoms with Crippen LogP contribution in [0.15, 0.2) is 4.47 Å². The molecule has 0 unspecified atom stereocenters. The number of esters is 1. The van der Waals surface area contributed by atoms with Gasteiger partial charge in [-0.1, -0.05) is 0 Å². The monoisotopic (exact) mass is 318 g/mol. The molecular formula is C11H11BrO2S2. The van der Waals surface area contributed by atoms with Gasteiger partial charge in [-0.3, -0.25) is 0 Å². The number of thiophene rings is 2. The van der Waals surface area contributed by atoms with Crippen LogP contribution in [0.5, 0.6) is 0 Å². The van der Waals surface area contributed by atoms with Crippen molar-refractivity contribution in [3.05, 3.63) is 19.8 Å². The van der Waals surface area contributed by atoms with Gasteiger partial charge in [0.05, 0.1) is 16.0 Å². The maximum absolute atomic E-state index is 11.7. The van der Waals surface area contributed by atoms with Crippen LogP contribution in [0.2, 0.25) is 0 Å². The first kappa shape index (κ1) is 12.1. The number of rotatable bonds is 2. The van der Waals surface area contributed by atoms with Gasteiger partial charge in [-0.25, -0.2) is 4.79 Å². The molecule has 0 amide bonds. The Morgan fingerprint density at radius 1 is 1.31 bits per heavy atom. The molecule has 0 atom stereocenters. The highest BCUT2D eigenvalue weighted by molar-refractivity contribution is 9.10. The fourth-order valence-electron chi connectivity index (χ4n) is 1.51. The maximum Gasteiger partial charge on any atom is 0.348 e. The molecule has 0 N–H and O–H groups in total. The second-order valence-corrected chi connectivity index (χ2v) is 6.45. The molecule has 0 spiro atoms. The molecule has 0 aliphatic heterocycles. The van der Waals surface area contributed by atoms with Gasteiger partial charge in [0, 0.05) is 9.35 Å². The fourth-order valence-corrected chi connectivity index (χ4v) is 4.75. The van der Waals surface area contributed by atoms with E-state index >= 15 is 0 Å². The predicted octanol–water partition coefficient (Wildman–Crippen LogP) is 4.52. The molecule has 2 heterocycles. The van der Waals surface area contributed by atoms with Crippen LogP contribution in [0.3, 0.4) is 0 Å². The lowest BCUT2D eigenvalue weighted by Crippen LogP contribution is -2.03. The summed E-state index contributed by atoms with van der Waals surface area (Å²) < 4.78 is 8.49. The van der Waals surface area contributed by atoms with E-state index in [-0.39, 0.29) is 5.97 Å². The Balaban J connectivity index is 2.57. The molecule has 0 saturated heterocycles. The SMILES string of the molecule is CCOC(=O)c1sc2c(Br)c(C)sc2c1C. The molecule has 0 bridgehead atoms. The topological polar surface area (TPSA) is 26.3 Å². The summed E-state index contributed by atoms with van der Waals surface area (Å²) >= 11 is 6.78. The Bertz CT molecular complexity index is 554. The highest BCUT2D eigenvalue weighted by Gasteiger charge is 2.20. The zero-order valence-corrected chi connectivity index (χ0v) is 12.4. The van der Waals surface area contributed by atoms with E-state index in [2.05, 4.69) is 22.9 Å². The average molecular weight is 319 g/mol. The smallest absolute Gasteiger partial charge is 0.348 e. The van der Waals surface area contributed by atoms with E-state index in [0.29, 0.717) is 6.61 Å². The number of hydrogen-bond acceptors (Lipinski definition) is 4. The van der Waals surface area contributed by atoms with Gasteiger partial charge in [-0.2, -0.15) is 0 Å². The molecule has 2 aromatic heterocycles. The fraction of sp³-hybridized carbons (Fsp3) is 0.364. The van der Waals surface area contributed by atoms with Crippen molar-refractivity contribution in [2.45, 2.75) is 20.8 Å². The highest BCUT2D eigenvalue weighted by atomic mass is 79.9. The zero-order valence-electron chi connectivity index (χ0n) is 9.22. The lowest BCUT2D eigenvalue weighted by atomic mass is 10.3. The third-order valence-electron chi connectivity index (χ3n) is 2.32. The molecule has 0 radical (unpaired) electrons. The maximum atomic E-state index is 11.7. The number of hydrogen-bond donors (Lipinski definition) is 0. The third kappa shape index (κ3) is 1.81. The van der Waals surface area contributed by atoms with Crippen LogP contribution in [-0.4, -0.2) is 12.6 Å². The highest BCUT2D eigenvalue weighted by Crippen LogP contribution is 2.43. The van der Waals surface area contributed by atoms with Gasteiger partial charge < -0.3 is 4.74 Å². The Morgan fingerprint density at radius 3 is 2.56 bits per heavy atom. The van der Waals surface area contributed by atoms with Crippen molar-refractivity contribution in [2.75, 3.05) is 6.61 Å². The molecule has 0 aliphatic rings. The van der Waals surface area contributed by atoms with Crippen LogP contribution >= 0.6 is 38.6 Å². The number of carbonyl (C=O) groups is 1. The third-order valence-corrected chi connectivity index (χ3v) is 6.48. The van der Waals surface area contributed by atoms with Crippen molar-refractivity contribution in [3.8, 4) is 0 Å².